The maximum absolute atomic E-state index is 4.16. The average Bonchev–Trinajstić information content (AvgIpc) is 2.73. The smallest absolute Gasteiger partial charge is 0.103 e. The molecule has 0 radical (unpaired) electrons. The van der Waals surface area contributed by atoms with Crippen LogP contribution >= 0.6 is 11.8 Å². The van der Waals surface area contributed by atoms with Crippen LogP contribution in [0.2, 0.25) is 0 Å². The summed E-state index contributed by atoms with van der Waals surface area (Å²) in [5.74, 6) is 0.953. The normalized spacial score (nSPS) is 10.4. The third-order valence-electron chi connectivity index (χ3n) is 2.31. The minimum atomic E-state index is 0.776. The number of imidazole rings is 1. The molecule has 0 aliphatic heterocycles. The second kappa shape index (κ2) is 5.07. The van der Waals surface area contributed by atoms with E-state index < -0.39 is 0 Å². The fourth-order valence-corrected chi connectivity index (χ4v) is 1.95. The van der Waals surface area contributed by atoms with Gasteiger partial charge in [0, 0.05) is 10.6 Å². The molecule has 2 N–H and O–H groups in total. The number of hydrogen-bond acceptors (Lipinski definition) is 3. The van der Waals surface area contributed by atoms with Crippen molar-refractivity contribution < 1.29 is 0 Å². The summed E-state index contributed by atoms with van der Waals surface area (Å²) in [6.45, 7) is 2.73. The molecule has 3 nitrogen and oxygen atoms in total. The van der Waals surface area contributed by atoms with E-state index in [1.54, 1.807) is 11.8 Å². The lowest BCUT2D eigenvalue weighted by molar-refractivity contribution is 1.05. The summed E-state index contributed by atoms with van der Waals surface area (Å²) in [6, 6.07) is 8.39. The summed E-state index contributed by atoms with van der Waals surface area (Å²) in [4.78, 5) is 8.63. The van der Waals surface area contributed by atoms with Crippen molar-refractivity contribution in [1.29, 1.82) is 0 Å². The van der Waals surface area contributed by atoms with Crippen molar-refractivity contribution in [3.8, 4) is 0 Å². The zero-order chi connectivity index (χ0) is 11.4. The molecule has 0 unspecified atom stereocenters. The molecule has 0 spiro atoms. The SMILES string of the molecule is CSc1cccc(NCc2cnc(C)[nH]2)c1. The average molecular weight is 233 g/mol. The topological polar surface area (TPSA) is 40.7 Å². The molecule has 0 saturated heterocycles. The second-order valence-corrected chi connectivity index (χ2v) is 4.46. The highest BCUT2D eigenvalue weighted by atomic mass is 32.2. The zero-order valence-electron chi connectivity index (χ0n) is 9.45. The number of aromatic nitrogens is 2. The number of benzene rings is 1. The molecular weight excluding hydrogens is 218 g/mol. The molecule has 1 aromatic carbocycles. The van der Waals surface area contributed by atoms with Crippen LogP contribution in [0.15, 0.2) is 35.4 Å². The van der Waals surface area contributed by atoms with E-state index in [0.29, 0.717) is 0 Å². The molecule has 1 heterocycles. The molecule has 1 aromatic heterocycles. The summed E-state index contributed by atoms with van der Waals surface area (Å²) in [7, 11) is 0. The Morgan fingerprint density at radius 1 is 1.44 bits per heavy atom. The Balaban J connectivity index is 1.99. The Hall–Kier alpha value is -1.42. The van der Waals surface area contributed by atoms with Gasteiger partial charge in [0.1, 0.15) is 5.82 Å². The van der Waals surface area contributed by atoms with E-state index in [-0.39, 0.29) is 0 Å². The molecule has 16 heavy (non-hydrogen) atoms. The number of nitrogens with zero attached hydrogens (tertiary/aromatic N) is 1. The van der Waals surface area contributed by atoms with Gasteiger partial charge in [-0.3, -0.25) is 0 Å². The van der Waals surface area contributed by atoms with Crippen LogP contribution in [0.4, 0.5) is 5.69 Å². The van der Waals surface area contributed by atoms with E-state index in [9.17, 15) is 0 Å². The van der Waals surface area contributed by atoms with Gasteiger partial charge in [0.25, 0.3) is 0 Å². The third kappa shape index (κ3) is 2.79. The minimum absolute atomic E-state index is 0.776. The molecule has 0 aliphatic carbocycles. The first-order valence-corrected chi connectivity index (χ1v) is 6.39. The molecule has 0 bridgehead atoms. The molecule has 4 heteroatoms. The number of aryl methyl sites for hydroxylation is 1. The van der Waals surface area contributed by atoms with Gasteiger partial charge in [-0.2, -0.15) is 0 Å². The van der Waals surface area contributed by atoms with Crippen LogP contribution in [0.5, 0.6) is 0 Å². The van der Waals surface area contributed by atoms with Crippen LogP contribution in [0.3, 0.4) is 0 Å². The monoisotopic (exact) mass is 233 g/mol. The van der Waals surface area contributed by atoms with Crippen molar-refractivity contribution >= 4 is 17.4 Å². The van der Waals surface area contributed by atoms with E-state index in [2.05, 4.69) is 45.8 Å². The summed E-state index contributed by atoms with van der Waals surface area (Å²) in [5.41, 5.74) is 2.24. The molecule has 0 atom stereocenters. The highest BCUT2D eigenvalue weighted by molar-refractivity contribution is 7.98. The number of aromatic amines is 1. The number of hydrogen-bond donors (Lipinski definition) is 2. The van der Waals surface area contributed by atoms with Crippen LogP contribution in [-0.4, -0.2) is 16.2 Å². The molecule has 0 fully saturated rings. The van der Waals surface area contributed by atoms with Crippen molar-refractivity contribution in [1.82, 2.24) is 9.97 Å². The van der Waals surface area contributed by atoms with Gasteiger partial charge >= 0.3 is 0 Å². The van der Waals surface area contributed by atoms with E-state index in [4.69, 9.17) is 0 Å². The number of nitrogens with one attached hydrogen (secondary N) is 2. The van der Waals surface area contributed by atoms with Crippen LogP contribution in [0.1, 0.15) is 11.5 Å². The predicted molar refractivity (Wildman–Crippen MR) is 68.9 cm³/mol. The third-order valence-corrected chi connectivity index (χ3v) is 3.03. The van der Waals surface area contributed by atoms with Gasteiger partial charge in [-0.05, 0) is 31.4 Å². The fourth-order valence-electron chi connectivity index (χ4n) is 1.49. The summed E-state index contributed by atoms with van der Waals surface area (Å²) < 4.78 is 0. The number of rotatable bonds is 4. The van der Waals surface area contributed by atoms with E-state index in [1.807, 2.05) is 13.1 Å². The van der Waals surface area contributed by atoms with E-state index in [0.717, 1.165) is 23.8 Å². The lowest BCUT2D eigenvalue weighted by Gasteiger charge is -2.05. The van der Waals surface area contributed by atoms with Crippen molar-refractivity contribution in [3.63, 3.8) is 0 Å². The van der Waals surface area contributed by atoms with Crippen molar-refractivity contribution in [2.75, 3.05) is 11.6 Å². The maximum atomic E-state index is 4.16. The second-order valence-electron chi connectivity index (χ2n) is 3.58. The van der Waals surface area contributed by atoms with Crippen LogP contribution < -0.4 is 5.32 Å². The van der Waals surface area contributed by atoms with Crippen LogP contribution in [0, 0.1) is 6.92 Å². The van der Waals surface area contributed by atoms with Gasteiger partial charge < -0.3 is 10.3 Å². The molecule has 84 valence electrons. The lowest BCUT2D eigenvalue weighted by atomic mass is 10.3. The van der Waals surface area contributed by atoms with Gasteiger partial charge in [0.15, 0.2) is 0 Å². The Bertz CT molecular complexity index is 465. The Kier molecular flexibility index (Phi) is 3.51. The highest BCUT2D eigenvalue weighted by Gasteiger charge is 1.97. The summed E-state index contributed by atoms with van der Waals surface area (Å²) >= 11 is 1.75. The van der Waals surface area contributed by atoms with E-state index in [1.165, 1.54) is 4.90 Å². The number of thioether (sulfide) groups is 1. The van der Waals surface area contributed by atoms with Crippen molar-refractivity contribution in [2.24, 2.45) is 0 Å². The van der Waals surface area contributed by atoms with Gasteiger partial charge in [-0.1, -0.05) is 6.07 Å². The van der Waals surface area contributed by atoms with Crippen molar-refractivity contribution in [2.45, 2.75) is 18.4 Å². The zero-order valence-corrected chi connectivity index (χ0v) is 10.3. The van der Waals surface area contributed by atoms with Crippen LogP contribution in [-0.2, 0) is 6.54 Å². The molecule has 2 aromatic rings. The number of anilines is 1. The first-order valence-electron chi connectivity index (χ1n) is 5.16. The molecule has 0 aliphatic rings. The largest absolute Gasteiger partial charge is 0.379 e. The lowest BCUT2D eigenvalue weighted by Crippen LogP contribution is -1.99. The van der Waals surface area contributed by atoms with Crippen molar-refractivity contribution in [3.05, 3.63) is 42.0 Å². The maximum Gasteiger partial charge on any atom is 0.103 e. The quantitative estimate of drug-likeness (QED) is 0.797. The molecular formula is C12H15N3S. The minimum Gasteiger partial charge on any atom is -0.379 e. The molecule has 0 saturated carbocycles. The molecule has 0 amide bonds. The van der Waals surface area contributed by atoms with Gasteiger partial charge in [0.05, 0.1) is 18.4 Å². The summed E-state index contributed by atoms with van der Waals surface area (Å²) in [5, 5.41) is 3.36. The van der Waals surface area contributed by atoms with Gasteiger partial charge in [-0.25, -0.2) is 4.98 Å². The van der Waals surface area contributed by atoms with Gasteiger partial charge in [0.2, 0.25) is 0 Å². The van der Waals surface area contributed by atoms with E-state index >= 15 is 0 Å². The fraction of sp³-hybridized carbons (Fsp3) is 0.250. The first kappa shape index (κ1) is 11.1. The Morgan fingerprint density at radius 3 is 3.00 bits per heavy atom. The molecule has 2 rings (SSSR count). The first-order chi connectivity index (χ1) is 7.78. The van der Waals surface area contributed by atoms with Crippen LogP contribution in [0.25, 0.3) is 0 Å². The summed E-state index contributed by atoms with van der Waals surface area (Å²) in [6.07, 6.45) is 3.94. The highest BCUT2D eigenvalue weighted by Crippen LogP contribution is 2.19. The Morgan fingerprint density at radius 2 is 2.31 bits per heavy atom. The number of H-pyrrole nitrogens is 1. The van der Waals surface area contributed by atoms with Gasteiger partial charge in [-0.15, -0.1) is 11.8 Å². The predicted octanol–water partition coefficient (Wildman–Crippen LogP) is 3.05. The Labute approximate surface area is 99.7 Å². The standard InChI is InChI=1S/C12H15N3S/c1-9-13-7-11(15-9)8-14-10-4-3-5-12(6-10)16-2/h3-7,14H,8H2,1-2H3,(H,13,15).